The van der Waals surface area contributed by atoms with E-state index in [4.69, 9.17) is 11.6 Å². The molecule has 5 nitrogen and oxygen atoms in total. The van der Waals surface area contributed by atoms with Crippen LogP contribution in [0, 0.1) is 19.7 Å². The largest absolute Gasteiger partial charge is 0.348 e. The minimum absolute atomic E-state index is 0.00268. The summed E-state index contributed by atoms with van der Waals surface area (Å²) in [5, 5.41) is 2.68. The lowest BCUT2D eigenvalue weighted by molar-refractivity contribution is 0.0950. The smallest absolute Gasteiger partial charge is 0.263 e. The molecule has 3 aromatic rings. The van der Waals surface area contributed by atoms with Crippen LogP contribution in [0.2, 0.25) is 5.02 Å². The molecule has 0 heterocycles. The summed E-state index contributed by atoms with van der Waals surface area (Å²) in [6.45, 7) is 3.87. The minimum Gasteiger partial charge on any atom is -0.348 e. The Hall–Kier alpha value is -2.90. The van der Waals surface area contributed by atoms with E-state index in [-0.39, 0.29) is 27.8 Å². The number of hydrogen-bond donors (Lipinski definition) is 2. The quantitative estimate of drug-likeness (QED) is 0.569. The highest BCUT2D eigenvalue weighted by atomic mass is 35.5. The summed E-state index contributed by atoms with van der Waals surface area (Å²) >= 11 is 6.12. The summed E-state index contributed by atoms with van der Waals surface area (Å²) in [5.41, 5.74) is 3.03. The van der Waals surface area contributed by atoms with Gasteiger partial charge < -0.3 is 5.32 Å². The normalized spacial score (nSPS) is 11.2. The Bertz CT molecular complexity index is 1200. The fraction of sp³-hybridized carbons (Fsp3) is 0.136. The van der Waals surface area contributed by atoms with Crippen LogP contribution in [0.15, 0.2) is 65.6 Å². The lowest BCUT2D eigenvalue weighted by Crippen LogP contribution is -2.23. The summed E-state index contributed by atoms with van der Waals surface area (Å²) in [6, 6.07) is 15.0. The first-order valence-electron chi connectivity index (χ1n) is 9.08. The maximum absolute atomic E-state index is 13.0. The van der Waals surface area contributed by atoms with Crippen molar-refractivity contribution in [3.05, 3.63) is 93.8 Å². The number of carbonyl (C=O) groups is 1. The van der Waals surface area contributed by atoms with E-state index in [1.54, 1.807) is 24.3 Å². The number of hydrogen-bond acceptors (Lipinski definition) is 3. The molecule has 0 aliphatic carbocycles. The Morgan fingerprint density at radius 3 is 2.43 bits per heavy atom. The first-order valence-corrected chi connectivity index (χ1v) is 10.9. The number of anilines is 1. The lowest BCUT2D eigenvalue weighted by Gasteiger charge is -2.14. The van der Waals surface area contributed by atoms with Gasteiger partial charge >= 0.3 is 0 Å². The van der Waals surface area contributed by atoms with Gasteiger partial charge in [0.2, 0.25) is 0 Å². The van der Waals surface area contributed by atoms with Gasteiger partial charge in [0.05, 0.1) is 10.7 Å². The van der Waals surface area contributed by atoms with Gasteiger partial charge in [-0.2, -0.15) is 0 Å². The molecular weight excluding hydrogens is 427 g/mol. The second-order valence-corrected chi connectivity index (χ2v) is 8.87. The summed E-state index contributed by atoms with van der Waals surface area (Å²) in [6.07, 6.45) is 0. The fourth-order valence-corrected chi connectivity index (χ4v) is 4.45. The Balaban J connectivity index is 1.82. The number of sulfonamides is 1. The zero-order valence-corrected chi connectivity index (χ0v) is 17.9. The Labute approximate surface area is 179 Å². The SMILES string of the molecule is Cc1cccc(NS(=O)(=O)c2cc(C(=O)NCc3ccc(F)cc3)ccc2Cl)c1C. The number of carbonyl (C=O) groups excluding carboxylic acids is 1. The van der Waals surface area contributed by atoms with E-state index in [1.807, 2.05) is 19.9 Å². The third kappa shape index (κ3) is 4.98. The number of aryl methyl sites for hydroxylation is 1. The number of halogens is 2. The molecule has 0 bridgehead atoms. The van der Waals surface area contributed by atoms with Crippen LogP contribution in [0.4, 0.5) is 10.1 Å². The standard InChI is InChI=1S/C22H20ClFN2O3S/c1-14-4-3-5-20(15(14)2)26-30(28,29)21-12-17(8-11-19(21)23)22(27)25-13-16-6-9-18(24)10-7-16/h3-12,26H,13H2,1-2H3,(H,25,27). The van der Waals surface area contributed by atoms with Gasteiger partial charge in [-0.15, -0.1) is 0 Å². The number of amides is 1. The predicted octanol–water partition coefficient (Wildman–Crippen LogP) is 4.83. The van der Waals surface area contributed by atoms with Gasteiger partial charge in [-0.05, 0) is 66.9 Å². The molecule has 0 radical (unpaired) electrons. The van der Waals surface area contributed by atoms with E-state index in [2.05, 4.69) is 10.0 Å². The third-order valence-electron chi connectivity index (χ3n) is 4.70. The maximum atomic E-state index is 13.0. The monoisotopic (exact) mass is 446 g/mol. The molecule has 2 N–H and O–H groups in total. The van der Waals surface area contributed by atoms with Gasteiger partial charge in [-0.25, -0.2) is 12.8 Å². The van der Waals surface area contributed by atoms with Crippen molar-refractivity contribution < 1.29 is 17.6 Å². The molecule has 3 aromatic carbocycles. The van der Waals surface area contributed by atoms with E-state index >= 15 is 0 Å². The molecule has 1 amide bonds. The molecule has 156 valence electrons. The average molecular weight is 447 g/mol. The first kappa shape index (κ1) is 21.8. The summed E-state index contributed by atoms with van der Waals surface area (Å²) < 4.78 is 41.3. The topological polar surface area (TPSA) is 75.3 Å². The van der Waals surface area contributed by atoms with Gasteiger partial charge in [0, 0.05) is 12.1 Å². The first-order chi connectivity index (χ1) is 14.2. The van der Waals surface area contributed by atoms with Crippen LogP contribution in [0.5, 0.6) is 0 Å². The molecule has 0 saturated heterocycles. The highest BCUT2D eigenvalue weighted by molar-refractivity contribution is 7.92. The van der Waals surface area contributed by atoms with E-state index < -0.39 is 15.9 Å². The lowest BCUT2D eigenvalue weighted by atomic mass is 10.1. The van der Waals surface area contributed by atoms with Crippen LogP contribution >= 0.6 is 11.6 Å². The van der Waals surface area contributed by atoms with E-state index in [9.17, 15) is 17.6 Å². The Kier molecular flexibility index (Phi) is 6.43. The van der Waals surface area contributed by atoms with E-state index in [1.165, 1.54) is 30.3 Å². The van der Waals surface area contributed by atoms with E-state index in [0.29, 0.717) is 11.3 Å². The molecule has 30 heavy (non-hydrogen) atoms. The molecule has 8 heteroatoms. The molecule has 3 rings (SSSR count). The van der Waals surface area contributed by atoms with Gasteiger partial charge in [-0.1, -0.05) is 35.9 Å². The van der Waals surface area contributed by atoms with Crippen molar-refractivity contribution in [3.8, 4) is 0 Å². The van der Waals surface area contributed by atoms with Crippen molar-refractivity contribution in [1.29, 1.82) is 0 Å². The van der Waals surface area contributed by atoms with Crippen molar-refractivity contribution >= 4 is 33.2 Å². The second-order valence-electron chi connectivity index (χ2n) is 6.81. The molecule has 0 atom stereocenters. The Morgan fingerprint density at radius 2 is 1.73 bits per heavy atom. The highest BCUT2D eigenvalue weighted by Crippen LogP contribution is 2.27. The van der Waals surface area contributed by atoms with Crippen LogP contribution in [0.3, 0.4) is 0 Å². The van der Waals surface area contributed by atoms with Crippen LogP contribution in [0.25, 0.3) is 0 Å². The maximum Gasteiger partial charge on any atom is 0.263 e. The predicted molar refractivity (Wildman–Crippen MR) is 116 cm³/mol. The molecular formula is C22H20ClFN2O3S. The third-order valence-corrected chi connectivity index (χ3v) is 6.55. The minimum atomic E-state index is -4.01. The average Bonchev–Trinajstić information content (AvgIpc) is 2.71. The highest BCUT2D eigenvalue weighted by Gasteiger charge is 2.21. The molecule has 0 aliphatic rings. The van der Waals surface area contributed by atoms with Crippen molar-refractivity contribution in [1.82, 2.24) is 5.32 Å². The van der Waals surface area contributed by atoms with Gasteiger partial charge in [0.15, 0.2) is 0 Å². The Morgan fingerprint density at radius 1 is 1.03 bits per heavy atom. The van der Waals surface area contributed by atoms with Crippen molar-refractivity contribution in [2.24, 2.45) is 0 Å². The van der Waals surface area contributed by atoms with Crippen LogP contribution < -0.4 is 10.0 Å². The molecule has 0 unspecified atom stereocenters. The van der Waals surface area contributed by atoms with E-state index in [0.717, 1.165) is 11.1 Å². The zero-order valence-electron chi connectivity index (χ0n) is 16.4. The second kappa shape index (κ2) is 8.85. The van der Waals surface area contributed by atoms with Gasteiger partial charge in [0.25, 0.3) is 15.9 Å². The number of nitrogens with one attached hydrogen (secondary N) is 2. The zero-order chi connectivity index (χ0) is 21.9. The van der Waals surface area contributed by atoms with Gasteiger partial charge in [0.1, 0.15) is 10.7 Å². The summed E-state index contributed by atoms with van der Waals surface area (Å²) in [4.78, 5) is 12.3. The van der Waals surface area contributed by atoms with Crippen molar-refractivity contribution in [2.45, 2.75) is 25.3 Å². The molecule has 0 aliphatic heterocycles. The summed E-state index contributed by atoms with van der Waals surface area (Å²) in [5.74, 6) is -0.840. The van der Waals surface area contributed by atoms with Gasteiger partial charge in [-0.3, -0.25) is 9.52 Å². The fourth-order valence-electron chi connectivity index (χ4n) is 2.80. The number of rotatable bonds is 6. The van der Waals surface area contributed by atoms with Crippen LogP contribution in [-0.4, -0.2) is 14.3 Å². The molecule has 0 aromatic heterocycles. The number of benzene rings is 3. The summed E-state index contributed by atoms with van der Waals surface area (Å²) in [7, 11) is -4.01. The molecule has 0 saturated carbocycles. The molecule has 0 spiro atoms. The van der Waals surface area contributed by atoms with Crippen LogP contribution in [-0.2, 0) is 16.6 Å². The molecule has 0 fully saturated rings. The van der Waals surface area contributed by atoms with Crippen LogP contribution in [0.1, 0.15) is 27.0 Å². The van der Waals surface area contributed by atoms with Crippen molar-refractivity contribution in [2.75, 3.05) is 4.72 Å². The van der Waals surface area contributed by atoms with Crippen molar-refractivity contribution in [3.63, 3.8) is 0 Å².